The predicted octanol–water partition coefficient (Wildman–Crippen LogP) is 6.90. The van der Waals surface area contributed by atoms with Crippen molar-refractivity contribution < 1.29 is 14.3 Å². The van der Waals surface area contributed by atoms with Gasteiger partial charge in [-0.1, -0.05) is 25.5 Å². The van der Waals surface area contributed by atoms with Gasteiger partial charge in [0.15, 0.2) is 0 Å². The second kappa shape index (κ2) is 14.1. The zero-order chi connectivity index (χ0) is 33.4. The number of fused-ring (bicyclic) bond motifs is 3. The summed E-state index contributed by atoms with van der Waals surface area (Å²) >= 11 is 0. The van der Waals surface area contributed by atoms with Crippen molar-refractivity contribution in [2.45, 2.75) is 120 Å². The summed E-state index contributed by atoms with van der Waals surface area (Å²) in [4.78, 5) is 27.2. The molecule has 2 aliphatic carbocycles. The number of anilines is 2. The number of rotatable bonds is 11. The van der Waals surface area contributed by atoms with Crippen molar-refractivity contribution in [3.8, 4) is 0 Å². The molecule has 0 radical (unpaired) electrons. The molecular formula is C38H52FN7O2. The van der Waals surface area contributed by atoms with Crippen LogP contribution in [0.1, 0.15) is 112 Å². The van der Waals surface area contributed by atoms with Crippen LogP contribution in [0.4, 0.5) is 16.2 Å². The van der Waals surface area contributed by atoms with E-state index < -0.39 is 5.97 Å². The van der Waals surface area contributed by atoms with Crippen LogP contribution in [0.25, 0.3) is 0 Å². The Hall–Kier alpha value is -3.53. The van der Waals surface area contributed by atoms with Crippen molar-refractivity contribution in [1.82, 2.24) is 24.6 Å². The number of nitrogens with one attached hydrogen (secondary N) is 1. The van der Waals surface area contributed by atoms with Crippen LogP contribution in [0, 0.1) is 17.7 Å². The Balaban J connectivity index is 1.22. The molecule has 258 valence electrons. The van der Waals surface area contributed by atoms with E-state index in [9.17, 15) is 14.3 Å². The number of carboxylic acid groups (broad SMARTS) is 1. The Morgan fingerprint density at radius 3 is 2.52 bits per heavy atom. The molecule has 2 N–H and O–H groups in total. The van der Waals surface area contributed by atoms with Crippen LogP contribution in [0.5, 0.6) is 0 Å². The van der Waals surface area contributed by atoms with Gasteiger partial charge in [-0.25, -0.2) is 9.37 Å². The van der Waals surface area contributed by atoms with E-state index in [1.807, 2.05) is 30.1 Å². The molecule has 0 amide bonds. The lowest BCUT2D eigenvalue weighted by Gasteiger charge is -2.39. The predicted molar refractivity (Wildman–Crippen MR) is 186 cm³/mol. The Labute approximate surface area is 284 Å². The first-order valence-corrected chi connectivity index (χ1v) is 18.4. The molecule has 0 spiro atoms. The molecule has 2 unspecified atom stereocenters. The minimum absolute atomic E-state index is 0.0138. The van der Waals surface area contributed by atoms with Crippen LogP contribution in [0.15, 0.2) is 36.7 Å². The highest BCUT2D eigenvalue weighted by Crippen LogP contribution is 2.41. The molecule has 3 fully saturated rings. The number of hydrogen-bond acceptors (Lipinski definition) is 7. The molecule has 9 nitrogen and oxygen atoms in total. The molecule has 1 saturated carbocycles. The van der Waals surface area contributed by atoms with Crippen LogP contribution in [0.2, 0.25) is 0 Å². The monoisotopic (exact) mass is 657 g/mol. The molecule has 48 heavy (non-hydrogen) atoms. The van der Waals surface area contributed by atoms with Crippen LogP contribution in [0.3, 0.4) is 0 Å². The maximum atomic E-state index is 14.3. The van der Waals surface area contributed by atoms with Gasteiger partial charge in [-0.2, -0.15) is 10.1 Å². The molecule has 2 aromatic heterocycles. The maximum absolute atomic E-state index is 14.3. The minimum Gasteiger partial charge on any atom is -0.481 e. The van der Waals surface area contributed by atoms with Gasteiger partial charge in [0.05, 0.1) is 23.9 Å². The smallest absolute Gasteiger partial charge is 0.306 e. The first kappa shape index (κ1) is 33.0. The van der Waals surface area contributed by atoms with Crippen LogP contribution in [-0.4, -0.2) is 67.4 Å². The van der Waals surface area contributed by atoms with Gasteiger partial charge in [0.1, 0.15) is 11.6 Å². The SMILES string of the molecule is CC[C@H](C1CCC(C(=O)O)CC1)N(C)c1nc2c(c(N[C@@H](CN3C4CCCC3CC4)c3cnn(C)c3)n1)C[C@H](c1cccc(F)c1)CC2. The quantitative estimate of drug-likeness (QED) is 0.230. The van der Waals surface area contributed by atoms with Gasteiger partial charge in [-0.3, -0.25) is 14.4 Å². The highest BCUT2D eigenvalue weighted by Gasteiger charge is 2.39. The summed E-state index contributed by atoms with van der Waals surface area (Å²) in [5.74, 6) is 1.12. The zero-order valence-corrected chi connectivity index (χ0v) is 28.8. The third kappa shape index (κ3) is 6.82. The van der Waals surface area contributed by atoms with E-state index in [-0.39, 0.29) is 29.7 Å². The standard InChI is InChI=1S/C38H52FN7O2/c1-4-35(24-11-13-25(14-12-24)37(47)48)45(3)38-42-33-18-15-27(26-7-5-8-29(39)19-26)20-32(33)36(43-38)41-34(28-21-40-44(2)22-28)23-46-30-9-6-10-31(46)17-16-30/h5,7-8,19,21-22,24-25,27,30-31,34-35H,4,6,9-18,20,23H2,1-3H3,(H,47,48)(H,41,42,43)/t24?,25?,27-,30?,31?,34+,35-/m1/s1. The molecule has 5 atom stereocenters. The van der Waals surface area contributed by atoms with Crippen molar-refractivity contribution in [3.05, 3.63) is 64.9 Å². The summed E-state index contributed by atoms with van der Waals surface area (Å²) in [6.07, 6.45) is 17.3. The number of piperidine rings is 1. The Kier molecular flexibility index (Phi) is 9.72. The summed E-state index contributed by atoms with van der Waals surface area (Å²) in [6, 6.07) is 8.59. The summed E-state index contributed by atoms with van der Waals surface area (Å²) in [6.45, 7) is 3.12. The topological polar surface area (TPSA) is 99.4 Å². The van der Waals surface area contributed by atoms with Crippen molar-refractivity contribution in [3.63, 3.8) is 0 Å². The third-order valence-corrected chi connectivity index (χ3v) is 12.2. The molecule has 2 saturated heterocycles. The number of benzene rings is 1. The number of aromatic nitrogens is 4. The van der Waals surface area contributed by atoms with Crippen molar-refractivity contribution in [1.29, 1.82) is 0 Å². The van der Waals surface area contributed by atoms with Gasteiger partial charge in [-0.15, -0.1) is 0 Å². The fourth-order valence-electron chi connectivity index (χ4n) is 9.50. The number of aryl methyl sites for hydroxylation is 2. The van der Waals surface area contributed by atoms with Crippen molar-refractivity contribution >= 4 is 17.7 Å². The van der Waals surface area contributed by atoms with E-state index in [2.05, 4.69) is 40.4 Å². The molecule has 4 aliphatic rings. The van der Waals surface area contributed by atoms with Crippen LogP contribution < -0.4 is 10.2 Å². The number of carbonyl (C=O) groups is 1. The lowest BCUT2D eigenvalue weighted by atomic mass is 9.77. The first-order chi connectivity index (χ1) is 23.3. The number of carboxylic acids is 1. The van der Waals surface area contributed by atoms with E-state index in [4.69, 9.17) is 9.97 Å². The van der Waals surface area contributed by atoms with Gasteiger partial charge in [-0.05, 0) is 107 Å². The molecule has 3 aromatic rings. The highest BCUT2D eigenvalue weighted by molar-refractivity contribution is 5.70. The summed E-state index contributed by atoms with van der Waals surface area (Å²) in [5.41, 5.74) is 4.40. The summed E-state index contributed by atoms with van der Waals surface area (Å²) < 4.78 is 16.2. The Morgan fingerprint density at radius 1 is 1.08 bits per heavy atom. The number of nitrogens with zero attached hydrogens (tertiary/aromatic N) is 6. The van der Waals surface area contributed by atoms with E-state index >= 15 is 0 Å². The maximum Gasteiger partial charge on any atom is 0.306 e. The van der Waals surface area contributed by atoms with Gasteiger partial charge < -0.3 is 15.3 Å². The molecule has 2 bridgehead atoms. The Morgan fingerprint density at radius 2 is 1.85 bits per heavy atom. The Bertz CT molecular complexity index is 1570. The van der Waals surface area contributed by atoms with Gasteiger partial charge in [0.25, 0.3) is 0 Å². The average molecular weight is 658 g/mol. The van der Waals surface area contributed by atoms with Gasteiger partial charge in [0.2, 0.25) is 5.95 Å². The number of hydrogen-bond donors (Lipinski definition) is 2. The fraction of sp³-hybridized carbons (Fsp3) is 0.632. The van der Waals surface area contributed by atoms with Crippen LogP contribution in [-0.2, 0) is 24.7 Å². The largest absolute Gasteiger partial charge is 0.481 e. The van der Waals surface area contributed by atoms with Crippen molar-refractivity contribution in [2.24, 2.45) is 18.9 Å². The molecule has 2 aliphatic heterocycles. The average Bonchev–Trinajstić information content (AvgIpc) is 3.61. The molecule has 4 heterocycles. The first-order valence-electron chi connectivity index (χ1n) is 18.4. The van der Waals surface area contributed by atoms with E-state index in [0.717, 1.165) is 92.1 Å². The van der Waals surface area contributed by atoms with E-state index in [0.29, 0.717) is 18.0 Å². The second-order valence-corrected chi connectivity index (χ2v) is 15.0. The zero-order valence-electron chi connectivity index (χ0n) is 28.8. The summed E-state index contributed by atoms with van der Waals surface area (Å²) in [5, 5.41) is 18.1. The van der Waals surface area contributed by atoms with Gasteiger partial charge >= 0.3 is 5.97 Å². The molecular weight excluding hydrogens is 605 g/mol. The fourth-order valence-corrected chi connectivity index (χ4v) is 9.50. The summed E-state index contributed by atoms with van der Waals surface area (Å²) in [7, 11) is 4.09. The normalized spacial score (nSPS) is 26.9. The molecule has 10 heteroatoms. The lowest BCUT2D eigenvalue weighted by molar-refractivity contribution is -0.143. The van der Waals surface area contributed by atoms with E-state index in [1.54, 1.807) is 6.07 Å². The lowest BCUT2D eigenvalue weighted by Crippen LogP contribution is -2.43. The van der Waals surface area contributed by atoms with E-state index in [1.165, 1.54) is 38.2 Å². The van der Waals surface area contributed by atoms with Gasteiger partial charge in [0, 0.05) is 56.1 Å². The number of aliphatic carboxylic acids is 1. The third-order valence-electron chi connectivity index (χ3n) is 12.2. The highest BCUT2D eigenvalue weighted by atomic mass is 19.1. The molecule has 1 aromatic carbocycles. The number of halogens is 1. The molecule has 7 rings (SSSR count). The minimum atomic E-state index is -0.666. The van der Waals surface area contributed by atoms with Crippen molar-refractivity contribution in [2.75, 3.05) is 23.8 Å². The second-order valence-electron chi connectivity index (χ2n) is 15.0. The van der Waals surface area contributed by atoms with Crippen LogP contribution >= 0.6 is 0 Å².